The highest BCUT2D eigenvalue weighted by molar-refractivity contribution is 6.65. The van der Waals surface area contributed by atoms with Gasteiger partial charge in [-0.3, -0.25) is 0 Å². The summed E-state index contributed by atoms with van der Waals surface area (Å²) in [5.41, 5.74) is 7.22. The number of nitrogens with zero attached hydrogens (tertiary/aromatic N) is 3. The van der Waals surface area contributed by atoms with Gasteiger partial charge in [0.15, 0.2) is 11.1 Å². The van der Waals surface area contributed by atoms with Gasteiger partial charge in [0.25, 0.3) is 0 Å². The summed E-state index contributed by atoms with van der Waals surface area (Å²) in [6.07, 6.45) is 2.08. The number of amides is 1. The first kappa shape index (κ1) is 19.1. The minimum absolute atomic E-state index is 0.213. The normalized spacial score (nSPS) is 15.5. The molecule has 8 nitrogen and oxygen atoms in total. The number of rotatable bonds is 7. The Morgan fingerprint density at radius 3 is 3.11 bits per heavy atom. The third-order valence-electron chi connectivity index (χ3n) is 3.96. The largest absolute Gasteiger partial charge is 0.450 e. The number of aliphatic imine (C=N–C) groups is 1. The van der Waals surface area contributed by atoms with Crippen LogP contribution in [0.1, 0.15) is 30.3 Å². The molecule has 1 aromatic heterocycles. The maximum absolute atomic E-state index is 13.1. The van der Waals surface area contributed by atoms with Gasteiger partial charge < -0.3 is 25.7 Å². The number of hydrogen-bond acceptors (Lipinski definition) is 6. The molecule has 1 aromatic carbocycles. The van der Waals surface area contributed by atoms with Gasteiger partial charge in [-0.1, -0.05) is 12.1 Å². The van der Waals surface area contributed by atoms with Gasteiger partial charge in [-0.15, -0.1) is 0 Å². The van der Waals surface area contributed by atoms with Crippen molar-refractivity contribution in [2.24, 2.45) is 10.7 Å². The number of carbonyl (C=O) groups is 1. The van der Waals surface area contributed by atoms with Crippen LogP contribution in [0.5, 0.6) is 0 Å². The average Bonchev–Trinajstić information content (AvgIpc) is 3.03. The van der Waals surface area contributed by atoms with Crippen molar-refractivity contribution in [1.82, 2.24) is 20.2 Å². The standard InChI is InChI=1S/C17H20ClFN6O2/c18-16-23-14(20)13-15(24-16)25(10-22-13)6-1-2-7-27-17(26)21-9-11-4-3-5-12(19)8-11/h3-5,8,10,14H,1-2,6-7,9,20H2,(H,21,26)(H,23,24). The van der Waals surface area contributed by atoms with Crippen LogP contribution in [0.4, 0.5) is 15.0 Å². The molecular formula is C17H20ClFN6O2. The Morgan fingerprint density at radius 2 is 2.30 bits per heavy atom. The number of nitrogens with two attached hydrogens (primary N) is 1. The maximum atomic E-state index is 13.1. The quantitative estimate of drug-likeness (QED) is 0.494. The summed E-state index contributed by atoms with van der Waals surface area (Å²) in [5, 5.41) is 5.61. The van der Waals surface area contributed by atoms with Crippen LogP contribution in [0.15, 0.2) is 35.6 Å². The lowest BCUT2D eigenvalue weighted by molar-refractivity contribution is 0.143. The molecule has 27 heavy (non-hydrogen) atoms. The number of aryl methyl sites for hydroxylation is 1. The molecule has 3 rings (SSSR count). The topological polar surface area (TPSA) is 107 Å². The lowest BCUT2D eigenvalue weighted by Gasteiger charge is -2.18. The molecule has 0 saturated carbocycles. The third kappa shape index (κ3) is 5.18. The third-order valence-corrected chi connectivity index (χ3v) is 4.16. The number of aromatic nitrogens is 2. The number of benzene rings is 1. The number of ether oxygens (including phenoxy) is 1. The van der Waals surface area contributed by atoms with Crippen molar-refractivity contribution in [3.63, 3.8) is 0 Å². The highest BCUT2D eigenvalue weighted by atomic mass is 35.5. The van der Waals surface area contributed by atoms with E-state index in [0.29, 0.717) is 30.0 Å². The summed E-state index contributed by atoms with van der Waals surface area (Å²) in [6, 6.07) is 6.03. The summed E-state index contributed by atoms with van der Waals surface area (Å²) >= 11 is 5.90. The predicted octanol–water partition coefficient (Wildman–Crippen LogP) is 2.52. The Bertz CT molecular complexity index is 841. The van der Waals surface area contributed by atoms with Gasteiger partial charge in [0.1, 0.15) is 17.7 Å². The molecule has 0 aliphatic carbocycles. The van der Waals surface area contributed by atoms with Crippen LogP contribution in [-0.4, -0.2) is 27.5 Å². The van der Waals surface area contributed by atoms with Crippen molar-refractivity contribution in [3.8, 4) is 0 Å². The second-order valence-corrected chi connectivity index (χ2v) is 6.36. The minimum Gasteiger partial charge on any atom is -0.450 e. The van der Waals surface area contributed by atoms with E-state index in [1.54, 1.807) is 18.5 Å². The number of nitrogens with one attached hydrogen (secondary N) is 2. The molecule has 1 atom stereocenters. The molecule has 4 N–H and O–H groups in total. The number of fused-ring (bicyclic) bond motifs is 1. The fraction of sp³-hybridized carbons (Fsp3) is 0.353. The van der Waals surface area contributed by atoms with Crippen molar-refractivity contribution in [1.29, 1.82) is 0 Å². The number of hydrogen-bond donors (Lipinski definition) is 3. The summed E-state index contributed by atoms with van der Waals surface area (Å²) in [5.74, 6) is 0.298. The van der Waals surface area contributed by atoms with Gasteiger partial charge >= 0.3 is 6.09 Å². The summed E-state index contributed by atoms with van der Waals surface area (Å²) in [7, 11) is 0. The van der Waals surface area contributed by atoms with Crippen molar-refractivity contribution in [2.45, 2.75) is 32.1 Å². The number of imidazole rings is 1. The van der Waals surface area contributed by atoms with Gasteiger partial charge in [0, 0.05) is 13.1 Å². The van der Waals surface area contributed by atoms with Crippen LogP contribution in [0.2, 0.25) is 0 Å². The van der Waals surface area contributed by atoms with Crippen molar-refractivity contribution >= 4 is 28.8 Å². The predicted molar refractivity (Wildman–Crippen MR) is 99.1 cm³/mol. The Balaban J connectivity index is 1.36. The fourth-order valence-electron chi connectivity index (χ4n) is 2.64. The van der Waals surface area contributed by atoms with E-state index in [9.17, 15) is 9.18 Å². The van der Waals surface area contributed by atoms with E-state index >= 15 is 0 Å². The van der Waals surface area contributed by atoms with Crippen molar-refractivity contribution in [2.75, 3.05) is 6.61 Å². The Hall–Kier alpha value is -2.65. The highest BCUT2D eigenvalue weighted by Crippen LogP contribution is 2.26. The molecule has 2 heterocycles. The Labute approximate surface area is 160 Å². The molecule has 10 heteroatoms. The first-order valence-electron chi connectivity index (χ1n) is 8.49. The van der Waals surface area contributed by atoms with Crippen LogP contribution in [0.3, 0.4) is 0 Å². The van der Waals surface area contributed by atoms with E-state index in [4.69, 9.17) is 22.1 Å². The van der Waals surface area contributed by atoms with E-state index in [0.717, 1.165) is 6.42 Å². The maximum Gasteiger partial charge on any atom is 0.407 e. The molecule has 2 aromatic rings. The van der Waals surface area contributed by atoms with Gasteiger partial charge in [0.05, 0.1) is 12.9 Å². The van der Waals surface area contributed by atoms with Gasteiger partial charge in [-0.25, -0.2) is 19.2 Å². The average molecular weight is 395 g/mol. The van der Waals surface area contributed by atoms with E-state index in [2.05, 4.69) is 20.6 Å². The van der Waals surface area contributed by atoms with Crippen LogP contribution in [-0.2, 0) is 17.8 Å². The van der Waals surface area contributed by atoms with Crippen LogP contribution in [0.25, 0.3) is 0 Å². The van der Waals surface area contributed by atoms with Crippen molar-refractivity contribution in [3.05, 3.63) is 47.7 Å². The summed E-state index contributed by atoms with van der Waals surface area (Å²) < 4.78 is 20.0. The molecule has 1 aliphatic rings. The van der Waals surface area contributed by atoms with Gasteiger partial charge in [-0.05, 0) is 42.1 Å². The molecule has 144 valence electrons. The molecule has 0 bridgehead atoms. The lowest BCUT2D eigenvalue weighted by Crippen LogP contribution is -2.34. The number of unbranched alkanes of at least 4 members (excludes halogenated alkanes) is 1. The number of alkyl carbamates (subject to hydrolysis) is 1. The van der Waals surface area contributed by atoms with Crippen LogP contribution in [0, 0.1) is 5.82 Å². The van der Waals surface area contributed by atoms with E-state index in [1.165, 1.54) is 12.1 Å². The number of carbonyl (C=O) groups excluding carboxylic acids is 1. The van der Waals surface area contributed by atoms with Gasteiger partial charge in [0.2, 0.25) is 0 Å². The SMILES string of the molecule is NC1NC(Cl)=Nc2c1ncn2CCCCOC(=O)NCc1cccc(F)c1. The zero-order chi connectivity index (χ0) is 19.2. The summed E-state index contributed by atoms with van der Waals surface area (Å²) in [4.78, 5) is 20.1. The first-order valence-corrected chi connectivity index (χ1v) is 8.87. The fourth-order valence-corrected chi connectivity index (χ4v) is 2.84. The second kappa shape index (κ2) is 8.83. The molecule has 0 spiro atoms. The van der Waals surface area contributed by atoms with E-state index in [-0.39, 0.29) is 24.3 Å². The Kier molecular flexibility index (Phi) is 6.25. The van der Waals surface area contributed by atoms with Gasteiger partial charge in [-0.2, -0.15) is 0 Å². The number of amidine groups is 1. The van der Waals surface area contributed by atoms with Crippen LogP contribution >= 0.6 is 11.6 Å². The smallest absolute Gasteiger partial charge is 0.407 e. The van der Waals surface area contributed by atoms with Crippen molar-refractivity contribution < 1.29 is 13.9 Å². The minimum atomic E-state index is -0.535. The molecule has 1 amide bonds. The monoisotopic (exact) mass is 394 g/mol. The first-order chi connectivity index (χ1) is 13.0. The van der Waals surface area contributed by atoms with Crippen LogP contribution < -0.4 is 16.4 Å². The Morgan fingerprint density at radius 1 is 1.44 bits per heavy atom. The molecule has 0 fully saturated rings. The summed E-state index contributed by atoms with van der Waals surface area (Å²) in [6.45, 7) is 1.14. The molecular weight excluding hydrogens is 375 g/mol. The lowest BCUT2D eigenvalue weighted by atomic mass is 10.2. The highest BCUT2D eigenvalue weighted by Gasteiger charge is 2.22. The molecule has 1 unspecified atom stereocenters. The zero-order valence-corrected chi connectivity index (χ0v) is 15.2. The number of halogens is 2. The van der Waals surface area contributed by atoms with E-state index in [1.807, 2.05) is 4.57 Å². The molecule has 0 saturated heterocycles. The zero-order valence-electron chi connectivity index (χ0n) is 14.5. The second-order valence-electron chi connectivity index (χ2n) is 6.00. The molecule has 0 radical (unpaired) electrons. The molecule has 1 aliphatic heterocycles. The van der Waals surface area contributed by atoms with E-state index < -0.39 is 12.3 Å².